The first-order valence-corrected chi connectivity index (χ1v) is 6.34. The van der Waals surface area contributed by atoms with Crippen LogP contribution in [0.15, 0.2) is 11.1 Å². The van der Waals surface area contributed by atoms with E-state index in [1.54, 1.807) is 6.92 Å². The molecule has 92 valence electrons. The zero-order valence-corrected chi connectivity index (χ0v) is 10.0. The predicted octanol–water partition coefficient (Wildman–Crippen LogP) is -0.305. The fourth-order valence-electron chi connectivity index (χ4n) is 1.16. The van der Waals surface area contributed by atoms with Crippen molar-refractivity contribution in [2.45, 2.75) is 24.8 Å². The van der Waals surface area contributed by atoms with Gasteiger partial charge in [0.1, 0.15) is 10.7 Å². The van der Waals surface area contributed by atoms with E-state index in [-0.39, 0.29) is 16.8 Å². The van der Waals surface area contributed by atoms with E-state index in [1.165, 1.54) is 6.20 Å². The van der Waals surface area contributed by atoms with Crippen LogP contribution in [-0.4, -0.2) is 37.9 Å². The molecule has 1 aromatic rings. The third kappa shape index (κ3) is 3.19. The number of hydrogen-bond acceptors (Lipinski definition) is 5. The maximum Gasteiger partial charge on any atom is 0.246 e. The molecule has 0 bridgehead atoms. The maximum absolute atomic E-state index is 11.8. The highest BCUT2D eigenvalue weighted by Crippen LogP contribution is 2.13. The van der Waals surface area contributed by atoms with Gasteiger partial charge in [-0.3, -0.25) is 5.10 Å². The van der Waals surface area contributed by atoms with Crippen LogP contribution in [0.4, 0.5) is 5.82 Å². The first kappa shape index (κ1) is 12.9. The minimum Gasteiger partial charge on any atom is -0.383 e. The second kappa shape index (κ2) is 5.28. The van der Waals surface area contributed by atoms with E-state index in [9.17, 15) is 8.42 Å². The average Bonchev–Trinajstić information content (AvgIpc) is 2.61. The Hall–Kier alpha value is -1.12. The SMILES string of the molecule is CCOCC(C)NS(=O)(=O)c1cn[nH]c1N. The third-order valence-corrected chi connectivity index (χ3v) is 3.47. The number of anilines is 1. The van der Waals surface area contributed by atoms with E-state index in [0.29, 0.717) is 13.2 Å². The summed E-state index contributed by atoms with van der Waals surface area (Å²) in [5.41, 5.74) is 5.43. The maximum atomic E-state index is 11.8. The van der Waals surface area contributed by atoms with Crippen LogP contribution < -0.4 is 10.5 Å². The van der Waals surface area contributed by atoms with E-state index < -0.39 is 10.0 Å². The number of nitrogens with zero attached hydrogens (tertiary/aromatic N) is 1. The fraction of sp³-hybridized carbons (Fsp3) is 0.625. The van der Waals surface area contributed by atoms with Gasteiger partial charge in [-0.15, -0.1) is 0 Å². The minimum atomic E-state index is -3.63. The molecule has 1 atom stereocenters. The lowest BCUT2D eigenvalue weighted by Gasteiger charge is -2.13. The topological polar surface area (TPSA) is 110 Å². The second-order valence-electron chi connectivity index (χ2n) is 3.33. The average molecular weight is 248 g/mol. The van der Waals surface area contributed by atoms with Gasteiger partial charge in [-0.05, 0) is 13.8 Å². The van der Waals surface area contributed by atoms with E-state index in [0.717, 1.165) is 0 Å². The number of nitrogens with one attached hydrogen (secondary N) is 2. The van der Waals surface area contributed by atoms with Crippen LogP contribution in [0.5, 0.6) is 0 Å². The van der Waals surface area contributed by atoms with Crippen molar-refractivity contribution in [2.24, 2.45) is 0 Å². The van der Waals surface area contributed by atoms with Crippen LogP contribution in [0.25, 0.3) is 0 Å². The number of nitrogen functional groups attached to an aromatic ring is 1. The molecule has 0 saturated carbocycles. The highest BCUT2D eigenvalue weighted by atomic mass is 32.2. The first-order valence-electron chi connectivity index (χ1n) is 4.86. The molecule has 0 aliphatic rings. The van der Waals surface area contributed by atoms with E-state index in [2.05, 4.69) is 14.9 Å². The Morgan fingerprint density at radius 2 is 2.38 bits per heavy atom. The standard InChI is InChI=1S/C8H16N4O3S/c1-3-15-5-6(2)12-16(13,14)7-4-10-11-8(7)9/h4,6,12H,3,5H2,1-2H3,(H3,9,10,11). The fourth-order valence-corrected chi connectivity index (χ4v) is 2.41. The van der Waals surface area contributed by atoms with Crippen LogP contribution in [0.2, 0.25) is 0 Å². The summed E-state index contributed by atoms with van der Waals surface area (Å²) < 4.78 is 31.1. The molecule has 1 aromatic heterocycles. The lowest BCUT2D eigenvalue weighted by Crippen LogP contribution is -2.36. The molecule has 1 unspecified atom stereocenters. The number of H-pyrrole nitrogens is 1. The second-order valence-corrected chi connectivity index (χ2v) is 5.01. The summed E-state index contributed by atoms with van der Waals surface area (Å²) in [5, 5.41) is 5.93. The van der Waals surface area contributed by atoms with Crippen molar-refractivity contribution in [3.63, 3.8) is 0 Å². The Morgan fingerprint density at radius 1 is 1.69 bits per heavy atom. The van der Waals surface area contributed by atoms with Gasteiger partial charge in [-0.2, -0.15) is 5.10 Å². The predicted molar refractivity (Wildman–Crippen MR) is 59.3 cm³/mol. The number of hydrogen-bond donors (Lipinski definition) is 3. The summed E-state index contributed by atoms with van der Waals surface area (Å²) >= 11 is 0. The molecule has 0 aliphatic carbocycles. The van der Waals surface area contributed by atoms with Crippen molar-refractivity contribution < 1.29 is 13.2 Å². The zero-order valence-electron chi connectivity index (χ0n) is 9.23. The first-order chi connectivity index (χ1) is 7.47. The monoisotopic (exact) mass is 248 g/mol. The highest BCUT2D eigenvalue weighted by molar-refractivity contribution is 7.89. The number of ether oxygens (including phenoxy) is 1. The van der Waals surface area contributed by atoms with Crippen LogP contribution >= 0.6 is 0 Å². The van der Waals surface area contributed by atoms with Crippen LogP contribution in [0.1, 0.15) is 13.8 Å². The molecule has 1 heterocycles. The molecular weight excluding hydrogens is 232 g/mol. The molecular formula is C8H16N4O3S. The Kier molecular flexibility index (Phi) is 4.27. The highest BCUT2D eigenvalue weighted by Gasteiger charge is 2.21. The molecule has 0 radical (unpaired) electrons. The Labute approximate surface area is 94.4 Å². The molecule has 0 aliphatic heterocycles. The molecule has 7 nitrogen and oxygen atoms in total. The molecule has 0 spiro atoms. The van der Waals surface area contributed by atoms with Crippen LogP contribution in [0.3, 0.4) is 0 Å². The summed E-state index contributed by atoms with van der Waals surface area (Å²) in [6.45, 7) is 4.41. The summed E-state index contributed by atoms with van der Waals surface area (Å²) in [6, 6.07) is -0.320. The van der Waals surface area contributed by atoms with E-state index in [4.69, 9.17) is 10.5 Å². The van der Waals surface area contributed by atoms with Crippen molar-refractivity contribution in [3.8, 4) is 0 Å². The molecule has 4 N–H and O–H groups in total. The summed E-state index contributed by atoms with van der Waals surface area (Å²) in [7, 11) is -3.63. The smallest absolute Gasteiger partial charge is 0.246 e. The largest absolute Gasteiger partial charge is 0.383 e. The number of rotatable bonds is 6. The molecule has 0 amide bonds. The quantitative estimate of drug-likeness (QED) is 0.640. The molecule has 0 saturated heterocycles. The van der Waals surface area contributed by atoms with Gasteiger partial charge >= 0.3 is 0 Å². The van der Waals surface area contributed by atoms with E-state index in [1.807, 2.05) is 6.92 Å². The molecule has 16 heavy (non-hydrogen) atoms. The summed E-state index contributed by atoms with van der Waals surface area (Å²) in [5.74, 6) is 0.0242. The van der Waals surface area contributed by atoms with Crippen LogP contribution in [-0.2, 0) is 14.8 Å². The molecule has 1 rings (SSSR count). The van der Waals surface area contributed by atoms with Crippen LogP contribution in [0, 0.1) is 0 Å². The van der Waals surface area contributed by atoms with Gasteiger partial charge < -0.3 is 10.5 Å². The Bertz CT molecular complexity index is 428. The van der Waals surface area contributed by atoms with Gasteiger partial charge in [0.05, 0.1) is 12.8 Å². The lowest BCUT2D eigenvalue weighted by molar-refractivity contribution is 0.133. The zero-order chi connectivity index (χ0) is 12.2. The van der Waals surface area contributed by atoms with E-state index >= 15 is 0 Å². The normalized spacial score (nSPS) is 13.9. The van der Waals surface area contributed by atoms with Gasteiger partial charge in [-0.1, -0.05) is 0 Å². The van der Waals surface area contributed by atoms with Gasteiger partial charge in [0.2, 0.25) is 10.0 Å². The Morgan fingerprint density at radius 3 is 2.88 bits per heavy atom. The van der Waals surface area contributed by atoms with Gasteiger partial charge in [0.15, 0.2) is 0 Å². The summed E-state index contributed by atoms with van der Waals surface area (Å²) in [4.78, 5) is -0.0455. The lowest BCUT2D eigenvalue weighted by atomic mass is 10.4. The summed E-state index contributed by atoms with van der Waals surface area (Å²) in [6.07, 6.45) is 1.17. The van der Waals surface area contributed by atoms with Crippen molar-refractivity contribution >= 4 is 15.8 Å². The Balaban J connectivity index is 2.69. The third-order valence-electron chi connectivity index (χ3n) is 1.85. The number of sulfonamides is 1. The van der Waals surface area contributed by atoms with Gasteiger partial charge in [-0.25, -0.2) is 13.1 Å². The molecule has 0 fully saturated rings. The van der Waals surface area contributed by atoms with Crippen molar-refractivity contribution in [1.82, 2.24) is 14.9 Å². The van der Waals surface area contributed by atoms with Crippen molar-refractivity contribution in [2.75, 3.05) is 18.9 Å². The molecule has 8 heteroatoms. The van der Waals surface area contributed by atoms with Gasteiger partial charge in [0, 0.05) is 12.6 Å². The number of aromatic nitrogens is 2. The van der Waals surface area contributed by atoms with Crippen molar-refractivity contribution in [1.29, 1.82) is 0 Å². The van der Waals surface area contributed by atoms with Gasteiger partial charge in [0.25, 0.3) is 0 Å². The number of nitrogens with two attached hydrogens (primary N) is 1. The molecule has 0 aromatic carbocycles. The minimum absolute atomic E-state index is 0.0242. The van der Waals surface area contributed by atoms with Crippen molar-refractivity contribution in [3.05, 3.63) is 6.20 Å². The number of aromatic amines is 1.